The van der Waals surface area contributed by atoms with Gasteiger partial charge in [0.1, 0.15) is 16.7 Å². The Morgan fingerprint density at radius 2 is 1.86 bits per heavy atom. The highest BCUT2D eigenvalue weighted by molar-refractivity contribution is 7.89. The predicted octanol–water partition coefficient (Wildman–Crippen LogP) is 1.96. The van der Waals surface area contributed by atoms with E-state index in [-0.39, 0.29) is 17.0 Å². The van der Waals surface area contributed by atoms with Gasteiger partial charge in [-0.25, -0.2) is 18.4 Å². The molecule has 2 saturated carbocycles. The van der Waals surface area contributed by atoms with Gasteiger partial charge in [-0.15, -0.1) is 0 Å². The summed E-state index contributed by atoms with van der Waals surface area (Å²) in [5.41, 5.74) is 0.304. The molecule has 2 aliphatic rings. The Morgan fingerprint density at radius 3 is 2.38 bits per heavy atom. The molecule has 0 aromatic carbocycles. The van der Waals surface area contributed by atoms with Crippen LogP contribution in [0.15, 0.2) is 17.2 Å². The van der Waals surface area contributed by atoms with E-state index in [1.54, 1.807) is 4.57 Å². The lowest BCUT2D eigenvalue weighted by atomic mass is 9.96. The Hall–Kier alpha value is -1.34. The van der Waals surface area contributed by atoms with Gasteiger partial charge in [0.15, 0.2) is 0 Å². The zero-order valence-electron chi connectivity index (χ0n) is 11.8. The molecule has 7 heteroatoms. The van der Waals surface area contributed by atoms with Crippen LogP contribution in [0.3, 0.4) is 0 Å². The van der Waals surface area contributed by atoms with E-state index >= 15 is 0 Å². The van der Waals surface area contributed by atoms with Gasteiger partial charge in [0.05, 0.1) is 0 Å². The molecule has 2 aliphatic carbocycles. The number of aromatic nitrogens is 1. The van der Waals surface area contributed by atoms with E-state index in [1.165, 1.54) is 12.3 Å². The minimum atomic E-state index is -3.82. The highest BCUT2D eigenvalue weighted by atomic mass is 32.2. The van der Waals surface area contributed by atoms with Crippen molar-refractivity contribution >= 4 is 16.0 Å². The Bertz CT molecular complexity index is 640. The van der Waals surface area contributed by atoms with E-state index in [1.807, 2.05) is 0 Å². The average molecular weight is 312 g/mol. The third-order valence-corrected chi connectivity index (χ3v) is 5.29. The van der Waals surface area contributed by atoms with E-state index in [2.05, 4.69) is 0 Å². The summed E-state index contributed by atoms with van der Waals surface area (Å²) in [6.45, 7) is 0. The molecule has 21 heavy (non-hydrogen) atoms. The van der Waals surface area contributed by atoms with Crippen LogP contribution in [-0.4, -0.2) is 25.1 Å². The summed E-state index contributed by atoms with van der Waals surface area (Å²) < 4.78 is 30.2. The van der Waals surface area contributed by atoms with Gasteiger partial charge in [-0.2, -0.15) is 0 Å². The minimum absolute atomic E-state index is 0.0186. The third kappa shape index (κ3) is 2.98. The van der Waals surface area contributed by atoms with Gasteiger partial charge in [-0.05, 0) is 38.2 Å². The van der Waals surface area contributed by atoms with E-state index in [9.17, 15) is 13.2 Å². The summed E-state index contributed by atoms with van der Waals surface area (Å²) in [6.07, 6.45) is 8.37. The topological polar surface area (TPSA) is 91.4 Å². The molecule has 1 aromatic rings. The Morgan fingerprint density at radius 1 is 1.19 bits per heavy atom. The van der Waals surface area contributed by atoms with Gasteiger partial charge >= 0.3 is 5.97 Å². The van der Waals surface area contributed by atoms with Crippen molar-refractivity contribution in [3.8, 4) is 0 Å². The Balaban J connectivity index is 1.91. The van der Waals surface area contributed by atoms with Crippen LogP contribution in [0.5, 0.6) is 0 Å². The molecule has 0 atom stereocenters. The van der Waals surface area contributed by atoms with Gasteiger partial charge in [0, 0.05) is 12.2 Å². The molecule has 1 heterocycles. The fraction of sp³-hybridized carbons (Fsp3) is 0.643. The monoisotopic (exact) mass is 312 g/mol. The quantitative estimate of drug-likeness (QED) is 0.860. The van der Waals surface area contributed by atoms with E-state index in [0.717, 1.165) is 44.9 Å². The number of sulfonamides is 1. The average Bonchev–Trinajstić information content (AvgIpc) is 2.99. The third-order valence-electron chi connectivity index (χ3n) is 4.41. The second kappa shape index (κ2) is 5.46. The second-order valence-corrected chi connectivity index (χ2v) is 7.47. The predicted molar refractivity (Wildman–Crippen MR) is 76.4 cm³/mol. The normalized spacial score (nSPS) is 20.4. The van der Waals surface area contributed by atoms with Crippen LogP contribution >= 0.6 is 0 Å². The number of primary sulfonamides is 1. The van der Waals surface area contributed by atoms with Gasteiger partial charge in [0.25, 0.3) is 0 Å². The van der Waals surface area contributed by atoms with Crippen molar-refractivity contribution in [1.82, 2.24) is 4.57 Å². The van der Waals surface area contributed by atoms with Crippen LogP contribution in [-0.2, 0) is 14.8 Å². The number of carbonyl (C=O) groups excluding carboxylic acids is 1. The van der Waals surface area contributed by atoms with Crippen molar-refractivity contribution in [2.75, 3.05) is 0 Å². The summed E-state index contributed by atoms with van der Waals surface area (Å²) in [6, 6.07) is 1.50. The van der Waals surface area contributed by atoms with Gasteiger partial charge < -0.3 is 9.30 Å². The van der Waals surface area contributed by atoms with Gasteiger partial charge in [-0.1, -0.05) is 12.8 Å². The number of esters is 1. The number of rotatable bonds is 4. The lowest BCUT2D eigenvalue weighted by molar-refractivity contribution is 0.00767. The van der Waals surface area contributed by atoms with Crippen LogP contribution in [0, 0.1) is 0 Å². The van der Waals surface area contributed by atoms with E-state index in [0.29, 0.717) is 5.69 Å². The molecule has 3 rings (SSSR count). The van der Waals surface area contributed by atoms with Crippen molar-refractivity contribution in [2.24, 2.45) is 5.14 Å². The number of carbonyl (C=O) groups is 1. The molecule has 0 unspecified atom stereocenters. The maximum absolute atomic E-state index is 12.3. The summed E-state index contributed by atoms with van der Waals surface area (Å²) in [5.74, 6) is -0.443. The zero-order valence-corrected chi connectivity index (χ0v) is 12.6. The molecule has 2 N–H and O–H groups in total. The standard InChI is InChI=1S/C14H20N2O4S/c15-21(18,19)12-8-13(14(17)20-11-6-3-7-11)16(9-12)10-4-1-2-5-10/h8-11H,1-7H2,(H2,15,18,19). The first-order valence-corrected chi connectivity index (χ1v) is 8.95. The van der Waals surface area contributed by atoms with Crippen LogP contribution in [0.1, 0.15) is 61.5 Å². The van der Waals surface area contributed by atoms with Crippen molar-refractivity contribution in [3.63, 3.8) is 0 Å². The Labute approximate surface area is 124 Å². The number of hydrogen-bond acceptors (Lipinski definition) is 4. The summed E-state index contributed by atoms with van der Waals surface area (Å²) in [5, 5.41) is 5.18. The lowest BCUT2D eigenvalue weighted by Gasteiger charge is -2.25. The largest absolute Gasteiger partial charge is 0.458 e. The Kier molecular flexibility index (Phi) is 3.79. The molecule has 0 radical (unpaired) electrons. The smallest absolute Gasteiger partial charge is 0.355 e. The summed E-state index contributed by atoms with van der Waals surface area (Å²) >= 11 is 0. The molecule has 0 aliphatic heterocycles. The molecule has 0 bridgehead atoms. The van der Waals surface area contributed by atoms with Crippen LogP contribution in [0.4, 0.5) is 0 Å². The van der Waals surface area contributed by atoms with Crippen molar-refractivity contribution < 1.29 is 17.9 Å². The molecule has 2 fully saturated rings. The van der Waals surface area contributed by atoms with Gasteiger partial charge in [0.2, 0.25) is 10.0 Å². The second-order valence-electron chi connectivity index (χ2n) is 5.91. The SMILES string of the molecule is NS(=O)(=O)c1cc(C(=O)OC2CCC2)n(C2CCCC2)c1. The molecule has 6 nitrogen and oxygen atoms in total. The first-order valence-electron chi connectivity index (χ1n) is 7.41. The number of hydrogen-bond donors (Lipinski definition) is 1. The van der Waals surface area contributed by atoms with Crippen LogP contribution < -0.4 is 5.14 Å². The molecule has 0 amide bonds. The molecule has 1 aromatic heterocycles. The first kappa shape index (κ1) is 14.6. The van der Waals surface area contributed by atoms with E-state index in [4.69, 9.17) is 9.88 Å². The van der Waals surface area contributed by atoms with Crippen molar-refractivity contribution in [1.29, 1.82) is 0 Å². The molecule has 0 spiro atoms. The summed E-state index contributed by atoms with van der Waals surface area (Å²) in [7, 11) is -3.82. The molecule has 0 saturated heterocycles. The maximum atomic E-state index is 12.3. The molecule has 116 valence electrons. The van der Waals surface area contributed by atoms with Crippen LogP contribution in [0.25, 0.3) is 0 Å². The van der Waals surface area contributed by atoms with Gasteiger partial charge in [-0.3, -0.25) is 0 Å². The first-order chi connectivity index (χ1) is 9.95. The number of nitrogens with two attached hydrogens (primary N) is 1. The highest BCUT2D eigenvalue weighted by Crippen LogP contribution is 2.33. The maximum Gasteiger partial charge on any atom is 0.355 e. The fourth-order valence-corrected chi connectivity index (χ4v) is 3.49. The van der Waals surface area contributed by atoms with Crippen LogP contribution in [0.2, 0.25) is 0 Å². The minimum Gasteiger partial charge on any atom is -0.458 e. The highest BCUT2D eigenvalue weighted by Gasteiger charge is 2.29. The zero-order chi connectivity index (χ0) is 15.0. The van der Waals surface area contributed by atoms with E-state index < -0.39 is 16.0 Å². The molecular weight excluding hydrogens is 292 g/mol. The number of ether oxygens (including phenoxy) is 1. The summed E-state index contributed by atoms with van der Waals surface area (Å²) in [4.78, 5) is 12.3. The van der Waals surface area contributed by atoms with Crippen molar-refractivity contribution in [3.05, 3.63) is 18.0 Å². The fourth-order valence-electron chi connectivity index (χ4n) is 2.96. The van der Waals surface area contributed by atoms with Crippen molar-refractivity contribution in [2.45, 2.75) is 62.0 Å². The molecular formula is C14H20N2O4S. The lowest BCUT2D eigenvalue weighted by Crippen LogP contribution is -2.26. The number of nitrogens with zero attached hydrogens (tertiary/aromatic N) is 1.